The zero-order chi connectivity index (χ0) is 21.1. The smallest absolute Gasteiger partial charge is 0.124 e. The molecule has 150 valence electrons. The maximum absolute atomic E-state index is 14.3. The molecule has 0 saturated heterocycles. The van der Waals surface area contributed by atoms with Gasteiger partial charge in [-0.25, -0.2) is 8.78 Å². The van der Waals surface area contributed by atoms with Gasteiger partial charge in [-0.05, 0) is 64.6 Å². The lowest BCUT2D eigenvalue weighted by atomic mass is 10.0. The lowest BCUT2D eigenvalue weighted by molar-refractivity contribution is 0.624. The van der Waals surface area contributed by atoms with E-state index in [-0.39, 0.29) is 11.6 Å². The molecule has 0 spiro atoms. The van der Waals surface area contributed by atoms with E-state index in [0.29, 0.717) is 12.2 Å². The van der Waals surface area contributed by atoms with Crippen molar-refractivity contribution >= 4 is 35.3 Å². The molecule has 4 aromatic rings. The Bertz CT molecular complexity index is 1260. The van der Waals surface area contributed by atoms with E-state index >= 15 is 0 Å². The zero-order valence-electron chi connectivity index (χ0n) is 16.1. The van der Waals surface area contributed by atoms with Crippen LogP contribution in [-0.2, 0) is 6.54 Å². The van der Waals surface area contributed by atoms with Crippen LogP contribution in [0, 0.1) is 11.6 Å². The summed E-state index contributed by atoms with van der Waals surface area (Å²) in [7, 11) is 0. The molecule has 1 aromatic heterocycles. The van der Waals surface area contributed by atoms with E-state index in [1.54, 1.807) is 11.5 Å². The average molecular weight is 419 g/mol. The zero-order valence-corrected chi connectivity index (χ0v) is 17.0. The van der Waals surface area contributed by atoms with Gasteiger partial charge < -0.3 is 10.3 Å². The number of fused-ring (bicyclic) bond motifs is 1. The number of aromatic amines is 1. The van der Waals surface area contributed by atoms with E-state index in [2.05, 4.69) is 29.5 Å². The molecule has 30 heavy (non-hydrogen) atoms. The van der Waals surface area contributed by atoms with Crippen molar-refractivity contribution in [1.82, 2.24) is 10.3 Å². The molecular formula is C25H20F2N2S. The third-order valence-corrected chi connectivity index (χ3v) is 5.03. The lowest BCUT2D eigenvalue weighted by Gasteiger charge is -2.08. The molecule has 1 heterocycles. The van der Waals surface area contributed by atoms with Crippen LogP contribution in [-0.4, -0.2) is 4.98 Å². The van der Waals surface area contributed by atoms with Crippen LogP contribution in [0.3, 0.4) is 0 Å². The van der Waals surface area contributed by atoms with Crippen LogP contribution in [0.25, 0.3) is 33.8 Å². The van der Waals surface area contributed by atoms with Crippen LogP contribution in [0.4, 0.5) is 8.78 Å². The molecule has 0 radical (unpaired) electrons. The van der Waals surface area contributed by atoms with Gasteiger partial charge in [-0.1, -0.05) is 36.9 Å². The van der Waals surface area contributed by atoms with Gasteiger partial charge in [0.25, 0.3) is 0 Å². The van der Waals surface area contributed by atoms with Gasteiger partial charge in [-0.3, -0.25) is 0 Å². The molecule has 0 aliphatic carbocycles. The Balaban J connectivity index is 1.66. The molecule has 0 aliphatic rings. The first-order valence-electron chi connectivity index (χ1n) is 9.44. The Hall–Kier alpha value is -3.31. The molecule has 2 nitrogen and oxygen atoms in total. The number of thiol groups is 1. The minimum Gasteiger partial charge on any atom is -0.380 e. The summed E-state index contributed by atoms with van der Waals surface area (Å²) in [4.78, 5) is 3.35. The summed E-state index contributed by atoms with van der Waals surface area (Å²) in [6.07, 6.45) is 1.88. The number of aromatic nitrogens is 1. The maximum atomic E-state index is 14.3. The molecule has 4 rings (SSSR count). The van der Waals surface area contributed by atoms with Gasteiger partial charge in [0.2, 0.25) is 0 Å². The summed E-state index contributed by atoms with van der Waals surface area (Å²) in [5.74, 6) is -0.586. The summed E-state index contributed by atoms with van der Waals surface area (Å²) in [5.41, 5.74) is 5.68. The van der Waals surface area contributed by atoms with Crippen molar-refractivity contribution in [2.24, 2.45) is 0 Å². The quantitative estimate of drug-likeness (QED) is 0.296. The molecule has 0 saturated carbocycles. The highest BCUT2D eigenvalue weighted by Gasteiger charge is 2.12. The molecule has 0 fully saturated rings. The van der Waals surface area contributed by atoms with Crippen molar-refractivity contribution < 1.29 is 8.78 Å². The maximum Gasteiger partial charge on any atom is 0.124 e. The second kappa shape index (κ2) is 8.59. The standard InChI is InChI=1S/C25H20F2N2S/c1-16(28-15-18-5-3-7-21(26)11-18)24-13-20-12-22(27)14-23(25(20)29-24)19-6-2-4-17(10-19)8-9-30/h2-14,28-30H,1,15H2. The Morgan fingerprint density at radius 2 is 1.83 bits per heavy atom. The van der Waals surface area contributed by atoms with Crippen LogP contribution in [0.1, 0.15) is 16.8 Å². The number of hydrogen-bond donors (Lipinski definition) is 3. The number of rotatable bonds is 6. The summed E-state index contributed by atoms with van der Waals surface area (Å²) in [6, 6.07) is 19.1. The number of halogens is 2. The van der Waals surface area contributed by atoms with Crippen molar-refractivity contribution in [2.45, 2.75) is 6.54 Å². The molecular weight excluding hydrogens is 398 g/mol. The minimum absolute atomic E-state index is 0.277. The number of H-pyrrole nitrogens is 1. The van der Waals surface area contributed by atoms with Gasteiger partial charge in [-0.2, -0.15) is 12.6 Å². The molecule has 0 amide bonds. The van der Waals surface area contributed by atoms with E-state index in [9.17, 15) is 8.78 Å². The van der Waals surface area contributed by atoms with E-state index in [0.717, 1.165) is 38.9 Å². The van der Waals surface area contributed by atoms with Gasteiger partial charge in [0.15, 0.2) is 0 Å². The molecule has 3 aromatic carbocycles. The normalized spacial score (nSPS) is 11.3. The first-order chi connectivity index (χ1) is 14.5. The topological polar surface area (TPSA) is 27.8 Å². The van der Waals surface area contributed by atoms with E-state index in [4.69, 9.17) is 0 Å². The summed E-state index contributed by atoms with van der Waals surface area (Å²) in [6.45, 7) is 4.51. The van der Waals surface area contributed by atoms with Crippen molar-refractivity contribution in [1.29, 1.82) is 0 Å². The first kappa shape index (κ1) is 20.0. The van der Waals surface area contributed by atoms with Crippen LogP contribution in [0.15, 0.2) is 78.7 Å². The van der Waals surface area contributed by atoms with Gasteiger partial charge in [0.05, 0.1) is 16.9 Å². The van der Waals surface area contributed by atoms with Crippen molar-refractivity contribution in [3.8, 4) is 11.1 Å². The second-order valence-electron chi connectivity index (χ2n) is 7.00. The van der Waals surface area contributed by atoms with Gasteiger partial charge in [-0.15, -0.1) is 0 Å². The van der Waals surface area contributed by atoms with E-state index in [1.165, 1.54) is 24.3 Å². The van der Waals surface area contributed by atoms with Gasteiger partial charge in [0.1, 0.15) is 11.6 Å². The second-order valence-corrected chi connectivity index (χ2v) is 7.30. The molecule has 0 bridgehead atoms. The number of nitrogens with one attached hydrogen (secondary N) is 2. The Kier molecular flexibility index (Phi) is 5.72. The van der Waals surface area contributed by atoms with Crippen LogP contribution >= 0.6 is 12.6 Å². The highest BCUT2D eigenvalue weighted by molar-refractivity contribution is 7.83. The molecule has 0 aliphatic heterocycles. The Labute approximate surface area is 179 Å². The number of benzene rings is 3. The SMILES string of the molecule is C=C(NCc1cccc(F)c1)c1cc2cc(F)cc(-c3cccc(C=CS)c3)c2[nH]1. The van der Waals surface area contributed by atoms with Crippen molar-refractivity contribution in [3.63, 3.8) is 0 Å². The fourth-order valence-corrected chi connectivity index (χ4v) is 3.62. The minimum atomic E-state index is -0.309. The van der Waals surface area contributed by atoms with Crippen molar-refractivity contribution in [2.75, 3.05) is 0 Å². The fourth-order valence-electron chi connectivity index (χ4n) is 3.44. The summed E-state index contributed by atoms with van der Waals surface area (Å²) < 4.78 is 27.7. The largest absolute Gasteiger partial charge is 0.380 e. The van der Waals surface area contributed by atoms with Crippen LogP contribution < -0.4 is 5.32 Å². The third kappa shape index (κ3) is 4.31. The van der Waals surface area contributed by atoms with Gasteiger partial charge in [0, 0.05) is 17.5 Å². The van der Waals surface area contributed by atoms with Gasteiger partial charge >= 0.3 is 0 Å². The number of hydrogen-bond acceptors (Lipinski definition) is 2. The van der Waals surface area contributed by atoms with E-state index < -0.39 is 0 Å². The summed E-state index contributed by atoms with van der Waals surface area (Å²) >= 11 is 4.12. The van der Waals surface area contributed by atoms with Crippen LogP contribution in [0.5, 0.6) is 0 Å². The fraction of sp³-hybridized carbons (Fsp3) is 0.0400. The van der Waals surface area contributed by atoms with E-state index in [1.807, 2.05) is 42.5 Å². The first-order valence-corrected chi connectivity index (χ1v) is 9.96. The Morgan fingerprint density at radius 3 is 2.63 bits per heavy atom. The van der Waals surface area contributed by atoms with Crippen molar-refractivity contribution in [3.05, 3.63) is 107 Å². The van der Waals surface area contributed by atoms with Crippen LogP contribution in [0.2, 0.25) is 0 Å². The monoisotopic (exact) mass is 418 g/mol. The summed E-state index contributed by atoms with van der Waals surface area (Å²) in [5, 5.41) is 5.62. The molecule has 5 heteroatoms. The predicted molar refractivity (Wildman–Crippen MR) is 124 cm³/mol. The molecule has 2 N–H and O–H groups in total. The third-order valence-electron chi connectivity index (χ3n) is 4.88. The predicted octanol–water partition coefficient (Wildman–Crippen LogP) is 6.77. The highest BCUT2D eigenvalue weighted by Crippen LogP contribution is 2.32. The lowest BCUT2D eigenvalue weighted by Crippen LogP contribution is -2.11. The molecule has 0 unspecified atom stereocenters. The average Bonchev–Trinajstić information content (AvgIpc) is 3.16. The highest BCUT2D eigenvalue weighted by atomic mass is 32.1. The molecule has 0 atom stereocenters. The Morgan fingerprint density at radius 1 is 1.00 bits per heavy atom.